The first kappa shape index (κ1) is 15.4. The van der Waals surface area contributed by atoms with Gasteiger partial charge in [-0.15, -0.1) is 11.3 Å². The van der Waals surface area contributed by atoms with E-state index >= 15 is 0 Å². The Balaban J connectivity index is 1.79. The molecule has 0 saturated heterocycles. The van der Waals surface area contributed by atoms with Crippen LogP contribution in [0.25, 0.3) is 11.1 Å². The van der Waals surface area contributed by atoms with Gasteiger partial charge in [0, 0.05) is 17.1 Å². The van der Waals surface area contributed by atoms with E-state index in [4.69, 9.17) is 0 Å². The number of rotatable bonds is 4. The molecule has 0 aliphatic carbocycles. The van der Waals surface area contributed by atoms with Gasteiger partial charge in [0.15, 0.2) is 0 Å². The van der Waals surface area contributed by atoms with Crippen molar-refractivity contribution in [1.29, 1.82) is 0 Å². The van der Waals surface area contributed by atoms with Crippen molar-refractivity contribution in [2.45, 2.75) is 4.34 Å². The van der Waals surface area contributed by atoms with Gasteiger partial charge in [0.05, 0.1) is 0 Å². The average Bonchev–Trinajstić information content (AvgIpc) is 3.11. The number of hydrogen-bond donors (Lipinski definition) is 1. The predicted molar refractivity (Wildman–Crippen MR) is 88.6 cm³/mol. The van der Waals surface area contributed by atoms with Crippen LogP contribution in [0, 0.1) is 0 Å². The lowest BCUT2D eigenvalue weighted by molar-refractivity contribution is 0.0981. The molecule has 1 amide bonds. The van der Waals surface area contributed by atoms with E-state index in [-0.39, 0.29) is 9.90 Å². The van der Waals surface area contributed by atoms with Gasteiger partial charge in [0.1, 0.15) is 0 Å². The second-order valence-electron chi connectivity index (χ2n) is 4.68. The molecule has 23 heavy (non-hydrogen) atoms. The summed E-state index contributed by atoms with van der Waals surface area (Å²) in [5, 5.41) is 1.54. The highest BCUT2D eigenvalue weighted by atomic mass is 32.2. The maximum absolute atomic E-state index is 12.1. The molecule has 0 aliphatic heterocycles. The maximum atomic E-state index is 12.1. The Morgan fingerprint density at radius 3 is 2.22 bits per heavy atom. The standard InChI is InChI=1S/C16H12N2O3S2/c19-15(18-23(20,21)16-17-10-11-22-16)14-8-6-13(7-9-14)12-4-2-1-3-5-12/h1-11H,(H,18,19). The molecule has 1 heterocycles. The Morgan fingerprint density at radius 2 is 1.61 bits per heavy atom. The summed E-state index contributed by atoms with van der Waals surface area (Å²) in [4.78, 5) is 15.8. The molecule has 3 aromatic rings. The molecule has 7 heteroatoms. The van der Waals surface area contributed by atoms with Crippen LogP contribution in [-0.2, 0) is 10.0 Å². The lowest BCUT2D eigenvalue weighted by Crippen LogP contribution is -2.30. The number of nitrogens with one attached hydrogen (secondary N) is 1. The van der Waals surface area contributed by atoms with Gasteiger partial charge in [-0.2, -0.15) is 8.42 Å². The zero-order valence-corrected chi connectivity index (χ0v) is 13.5. The smallest absolute Gasteiger partial charge is 0.268 e. The van der Waals surface area contributed by atoms with E-state index < -0.39 is 15.9 Å². The number of carbonyl (C=O) groups is 1. The third-order valence-electron chi connectivity index (χ3n) is 3.12. The largest absolute Gasteiger partial charge is 0.291 e. The van der Waals surface area contributed by atoms with Crippen LogP contribution < -0.4 is 4.72 Å². The number of carbonyl (C=O) groups excluding carboxylic acids is 1. The van der Waals surface area contributed by atoms with Crippen LogP contribution in [0.5, 0.6) is 0 Å². The number of benzene rings is 2. The summed E-state index contributed by atoms with van der Waals surface area (Å²) < 4.78 is 25.8. The van der Waals surface area contributed by atoms with Gasteiger partial charge in [-0.1, -0.05) is 42.5 Å². The first-order chi connectivity index (χ1) is 11.1. The van der Waals surface area contributed by atoms with E-state index in [1.165, 1.54) is 11.6 Å². The minimum Gasteiger partial charge on any atom is -0.268 e. The van der Waals surface area contributed by atoms with Crippen molar-refractivity contribution in [3.8, 4) is 11.1 Å². The summed E-state index contributed by atoms with van der Waals surface area (Å²) in [6.45, 7) is 0. The van der Waals surface area contributed by atoms with Crippen molar-refractivity contribution in [2.24, 2.45) is 0 Å². The Bertz CT molecular complexity index is 904. The molecule has 5 nitrogen and oxygen atoms in total. The van der Waals surface area contributed by atoms with Crippen LogP contribution in [-0.4, -0.2) is 19.3 Å². The van der Waals surface area contributed by atoms with Gasteiger partial charge in [0.2, 0.25) is 4.34 Å². The van der Waals surface area contributed by atoms with Crippen molar-refractivity contribution in [3.05, 3.63) is 71.7 Å². The van der Waals surface area contributed by atoms with Crippen molar-refractivity contribution in [3.63, 3.8) is 0 Å². The molecule has 116 valence electrons. The van der Waals surface area contributed by atoms with Crippen LogP contribution >= 0.6 is 11.3 Å². The van der Waals surface area contributed by atoms with Gasteiger partial charge in [-0.25, -0.2) is 9.71 Å². The number of sulfonamides is 1. The lowest BCUT2D eigenvalue weighted by atomic mass is 10.0. The van der Waals surface area contributed by atoms with Crippen LogP contribution in [0.15, 0.2) is 70.5 Å². The molecule has 3 rings (SSSR count). The molecule has 1 aromatic heterocycles. The summed E-state index contributed by atoms with van der Waals surface area (Å²) >= 11 is 0.953. The van der Waals surface area contributed by atoms with E-state index in [1.54, 1.807) is 24.3 Å². The van der Waals surface area contributed by atoms with E-state index in [1.807, 2.05) is 35.1 Å². The van der Waals surface area contributed by atoms with Gasteiger partial charge in [-0.3, -0.25) is 4.79 Å². The molecule has 0 spiro atoms. The third kappa shape index (κ3) is 3.46. The molecule has 0 bridgehead atoms. The minimum atomic E-state index is -3.92. The Kier molecular flexibility index (Phi) is 4.22. The summed E-state index contributed by atoms with van der Waals surface area (Å²) in [7, 11) is -3.92. The second-order valence-corrected chi connectivity index (χ2v) is 7.43. The molecule has 0 radical (unpaired) electrons. The fraction of sp³-hybridized carbons (Fsp3) is 0. The molecular weight excluding hydrogens is 332 g/mol. The maximum Gasteiger partial charge on any atom is 0.291 e. The SMILES string of the molecule is O=C(NS(=O)(=O)c1nccs1)c1ccc(-c2ccccc2)cc1. The summed E-state index contributed by atoms with van der Waals surface area (Å²) in [6.07, 6.45) is 1.37. The summed E-state index contributed by atoms with van der Waals surface area (Å²) in [5.74, 6) is -0.681. The Labute approximate surface area is 137 Å². The first-order valence-electron chi connectivity index (χ1n) is 6.68. The van der Waals surface area contributed by atoms with Crippen molar-refractivity contribution in [1.82, 2.24) is 9.71 Å². The number of thiazole rings is 1. The normalized spacial score (nSPS) is 11.1. The van der Waals surface area contributed by atoms with Gasteiger partial charge in [-0.05, 0) is 23.3 Å². The van der Waals surface area contributed by atoms with Gasteiger partial charge in [0.25, 0.3) is 15.9 Å². The molecule has 0 fully saturated rings. The summed E-state index contributed by atoms with van der Waals surface area (Å²) in [5.41, 5.74) is 2.24. The first-order valence-corrected chi connectivity index (χ1v) is 9.05. The van der Waals surface area contributed by atoms with E-state index in [9.17, 15) is 13.2 Å². The fourth-order valence-corrected chi connectivity index (χ4v) is 3.82. The van der Waals surface area contributed by atoms with Crippen LogP contribution in [0.2, 0.25) is 0 Å². The molecule has 0 atom stereocenters. The van der Waals surface area contributed by atoms with E-state index in [0.29, 0.717) is 0 Å². The highest BCUT2D eigenvalue weighted by Crippen LogP contribution is 2.19. The van der Waals surface area contributed by atoms with Gasteiger partial charge < -0.3 is 0 Å². The monoisotopic (exact) mass is 344 g/mol. The Hall–Kier alpha value is -2.51. The highest BCUT2D eigenvalue weighted by Gasteiger charge is 2.21. The van der Waals surface area contributed by atoms with Crippen LogP contribution in [0.4, 0.5) is 0 Å². The molecule has 0 unspecified atom stereocenters. The molecular formula is C16H12N2O3S2. The highest BCUT2D eigenvalue weighted by molar-refractivity contribution is 7.92. The topological polar surface area (TPSA) is 76.1 Å². The lowest BCUT2D eigenvalue weighted by Gasteiger charge is -2.06. The van der Waals surface area contributed by atoms with E-state index in [0.717, 1.165) is 22.5 Å². The van der Waals surface area contributed by atoms with Crippen molar-refractivity contribution < 1.29 is 13.2 Å². The zero-order valence-electron chi connectivity index (χ0n) is 11.8. The molecule has 1 N–H and O–H groups in total. The molecule has 2 aromatic carbocycles. The van der Waals surface area contributed by atoms with E-state index in [2.05, 4.69) is 4.98 Å². The van der Waals surface area contributed by atoms with Crippen molar-refractivity contribution >= 4 is 27.3 Å². The fourth-order valence-electron chi connectivity index (χ4n) is 2.01. The summed E-state index contributed by atoms with van der Waals surface area (Å²) in [6, 6.07) is 16.4. The number of aromatic nitrogens is 1. The van der Waals surface area contributed by atoms with Crippen molar-refractivity contribution in [2.75, 3.05) is 0 Å². The predicted octanol–water partition coefficient (Wildman–Crippen LogP) is 2.93. The zero-order chi connectivity index (χ0) is 16.3. The third-order valence-corrected chi connectivity index (χ3v) is 5.65. The van der Waals surface area contributed by atoms with Crippen LogP contribution in [0.1, 0.15) is 10.4 Å². The minimum absolute atomic E-state index is 0.133. The van der Waals surface area contributed by atoms with Gasteiger partial charge >= 0.3 is 0 Å². The Morgan fingerprint density at radius 1 is 0.957 bits per heavy atom. The number of amides is 1. The second kappa shape index (κ2) is 6.31. The quantitative estimate of drug-likeness (QED) is 0.789. The average molecular weight is 344 g/mol. The molecule has 0 saturated carbocycles. The van der Waals surface area contributed by atoms with Crippen LogP contribution in [0.3, 0.4) is 0 Å². The number of hydrogen-bond acceptors (Lipinski definition) is 5. The number of nitrogens with zero attached hydrogens (tertiary/aromatic N) is 1. The molecule has 0 aliphatic rings.